The highest BCUT2D eigenvalue weighted by Crippen LogP contribution is 2.16. The number of Topliss-reactive ketones (excluding diaryl/α,β-unsaturated/α-hetero) is 1. The Kier molecular flexibility index (Phi) is 6.29. The van der Waals surface area contributed by atoms with Crippen molar-refractivity contribution in [3.8, 4) is 0 Å². The molecule has 1 fully saturated rings. The van der Waals surface area contributed by atoms with Crippen LogP contribution in [0.15, 0.2) is 41.0 Å². The Balaban J connectivity index is 1.43. The minimum Gasteiger partial charge on any atom is -0.459 e. The summed E-state index contributed by atoms with van der Waals surface area (Å²) in [7, 11) is 0. The zero-order chi connectivity index (χ0) is 20.1. The zero-order valence-electron chi connectivity index (χ0n) is 16.4. The van der Waals surface area contributed by atoms with Crippen LogP contribution in [-0.4, -0.2) is 41.6 Å². The van der Waals surface area contributed by atoms with Gasteiger partial charge in [0.25, 0.3) is 5.91 Å². The number of aryl methyl sites for hydroxylation is 2. The first-order chi connectivity index (χ1) is 13.4. The highest BCUT2D eigenvalue weighted by molar-refractivity contribution is 5.99. The number of carbonyl (C=O) groups is 3. The summed E-state index contributed by atoms with van der Waals surface area (Å²) in [6.45, 7) is 5.01. The summed E-state index contributed by atoms with van der Waals surface area (Å²) >= 11 is 0. The minimum absolute atomic E-state index is 0.00443. The molecule has 2 heterocycles. The van der Waals surface area contributed by atoms with Gasteiger partial charge in [0.2, 0.25) is 5.91 Å². The third kappa shape index (κ3) is 4.88. The molecule has 2 amide bonds. The Labute approximate surface area is 164 Å². The molecule has 6 heteroatoms. The first-order valence-electron chi connectivity index (χ1n) is 9.66. The fourth-order valence-electron chi connectivity index (χ4n) is 3.48. The lowest BCUT2D eigenvalue weighted by Gasteiger charge is -2.31. The van der Waals surface area contributed by atoms with E-state index in [1.807, 2.05) is 32.0 Å². The molecule has 0 bridgehead atoms. The first-order valence-corrected chi connectivity index (χ1v) is 9.66. The highest BCUT2D eigenvalue weighted by atomic mass is 16.3. The van der Waals surface area contributed by atoms with Crippen molar-refractivity contribution in [3.05, 3.63) is 59.0 Å². The van der Waals surface area contributed by atoms with Crippen molar-refractivity contribution < 1.29 is 18.8 Å². The molecule has 1 N–H and O–H groups in total. The van der Waals surface area contributed by atoms with Crippen molar-refractivity contribution >= 4 is 17.6 Å². The van der Waals surface area contributed by atoms with Gasteiger partial charge in [-0.3, -0.25) is 14.4 Å². The van der Waals surface area contributed by atoms with Gasteiger partial charge >= 0.3 is 0 Å². The van der Waals surface area contributed by atoms with E-state index in [1.165, 1.54) is 6.26 Å². The first kappa shape index (κ1) is 19.9. The van der Waals surface area contributed by atoms with Gasteiger partial charge in [-0.25, -0.2) is 0 Å². The Hall–Kier alpha value is -2.89. The number of carbonyl (C=O) groups excluding carboxylic acids is 3. The quantitative estimate of drug-likeness (QED) is 0.778. The van der Waals surface area contributed by atoms with Crippen molar-refractivity contribution in [1.82, 2.24) is 10.2 Å². The van der Waals surface area contributed by atoms with E-state index >= 15 is 0 Å². The number of furan rings is 1. The Morgan fingerprint density at radius 2 is 1.86 bits per heavy atom. The summed E-state index contributed by atoms with van der Waals surface area (Å²) < 4.78 is 5.15. The monoisotopic (exact) mass is 382 g/mol. The summed E-state index contributed by atoms with van der Waals surface area (Å²) in [6, 6.07) is 9.16. The van der Waals surface area contributed by atoms with Crippen molar-refractivity contribution in [1.29, 1.82) is 0 Å². The molecule has 3 rings (SSSR count). The van der Waals surface area contributed by atoms with Crippen LogP contribution in [0.5, 0.6) is 0 Å². The molecule has 28 heavy (non-hydrogen) atoms. The lowest BCUT2D eigenvalue weighted by molar-refractivity contribution is -0.122. The number of rotatable bonds is 6. The molecule has 0 saturated carbocycles. The number of nitrogens with zero attached hydrogens (tertiary/aromatic N) is 1. The molecule has 0 spiro atoms. The molecule has 1 saturated heterocycles. The third-order valence-electron chi connectivity index (χ3n) is 5.15. The largest absolute Gasteiger partial charge is 0.459 e. The maximum Gasteiger partial charge on any atom is 0.289 e. The molecule has 1 aromatic heterocycles. The number of hydrogen-bond acceptors (Lipinski definition) is 4. The van der Waals surface area contributed by atoms with Crippen molar-refractivity contribution in [3.63, 3.8) is 0 Å². The molecule has 0 unspecified atom stereocenters. The number of piperidine rings is 1. The van der Waals surface area contributed by atoms with Crippen LogP contribution in [0.2, 0.25) is 0 Å². The van der Waals surface area contributed by atoms with Gasteiger partial charge in [-0.15, -0.1) is 0 Å². The molecule has 0 radical (unpaired) electrons. The van der Waals surface area contributed by atoms with Gasteiger partial charge in [-0.05, 0) is 50.5 Å². The second-order valence-electron chi connectivity index (χ2n) is 7.35. The summed E-state index contributed by atoms with van der Waals surface area (Å²) in [5.41, 5.74) is 2.66. The lowest BCUT2D eigenvalue weighted by Crippen LogP contribution is -2.46. The second-order valence-corrected chi connectivity index (χ2v) is 7.35. The van der Waals surface area contributed by atoms with E-state index in [2.05, 4.69) is 5.32 Å². The Morgan fingerprint density at radius 3 is 2.54 bits per heavy atom. The van der Waals surface area contributed by atoms with Gasteiger partial charge in [0.1, 0.15) is 0 Å². The van der Waals surface area contributed by atoms with Gasteiger partial charge in [0, 0.05) is 37.5 Å². The molecule has 0 aliphatic carbocycles. The van der Waals surface area contributed by atoms with Crippen molar-refractivity contribution in [2.24, 2.45) is 0 Å². The van der Waals surface area contributed by atoms with E-state index in [0.717, 1.165) is 11.1 Å². The predicted molar refractivity (Wildman–Crippen MR) is 105 cm³/mol. The number of hydrogen-bond donors (Lipinski definition) is 1. The van der Waals surface area contributed by atoms with Crippen molar-refractivity contribution in [2.45, 2.75) is 45.6 Å². The molecule has 1 aliphatic rings. The number of nitrogens with one attached hydrogen (secondary N) is 1. The second kappa shape index (κ2) is 8.87. The Morgan fingerprint density at radius 1 is 1.11 bits per heavy atom. The van der Waals surface area contributed by atoms with Gasteiger partial charge < -0.3 is 14.6 Å². The van der Waals surface area contributed by atoms with Crippen molar-refractivity contribution in [2.75, 3.05) is 13.1 Å². The number of amides is 2. The van der Waals surface area contributed by atoms with E-state index < -0.39 is 0 Å². The van der Waals surface area contributed by atoms with E-state index in [0.29, 0.717) is 37.3 Å². The van der Waals surface area contributed by atoms with Crippen LogP contribution in [0.25, 0.3) is 0 Å². The molecule has 2 aromatic rings. The average molecular weight is 382 g/mol. The third-order valence-corrected chi connectivity index (χ3v) is 5.15. The summed E-state index contributed by atoms with van der Waals surface area (Å²) in [5.74, 6) is 0.103. The van der Waals surface area contributed by atoms with Gasteiger partial charge in [-0.1, -0.05) is 17.7 Å². The van der Waals surface area contributed by atoms with Crippen LogP contribution in [0.1, 0.15) is 57.7 Å². The lowest BCUT2D eigenvalue weighted by atomic mass is 9.99. The average Bonchev–Trinajstić information content (AvgIpc) is 3.23. The molecule has 148 valence electrons. The van der Waals surface area contributed by atoms with Gasteiger partial charge in [0.05, 0.1) is 6.26 Å². The number of benzene rings is 1. The molecular weight excluding hydrogens is 356 g/mol. The van der Waals surface area contributed by atoms with Gasteiger partial charge in [-0.2, -0.15) is 0 Å². The number of ketones is 1. The summed E-state index contributed by atoms with van der Waals surface area (Å²) in [4.78, 5) is 38.7. The zero-order valence-corrected chi connectivity index (χ0v) is 16.4. The number of likely N-dealkylation sites (tertiary alicyclic amines) is 1. The van der Waals surface area contributed by atoms with Crippen LogP contribution in [0, 0.1) is 13.8 Å². The molecule has 6 nitrogen and oxygen atoms in total. The minimum atomic E-state index is -0.117. The fraction of sp³-hybridized carbons (Fsp3) is 0.409. The van der Waals surface area contributed by atoms with E-state index in [1.54, 1.807) is 17.0 Å². The summed E-state index contributed by atoms with van der Waals surface area (Å²) in [5, 5.41) is 2.99. The molecule has 1 aliphatic heterocycles. The van der Waals surface area contributed by atoms with Crippen LogP contribution in [0.4, 0.5) is 0 Å². The highest BCUT2D eigenvalue weighted by Gasteiger charge is 2.26. The van der Waals surface area contributed by atoms with E-state index in [-0.39, 0.29) is 36.5 Å². The standard InChI is InChI=1S/C22H26N2O4/c1-15-5-6-16(2)18(14-15)19(25)7-8-21(26)23-17-9-11-24(12-10-17)22(27)20-4-3-13-28-20/h3-6,13-14,17H,7-12H2,1-2H3,(H,23,26). The van der Waals surface area contributed by atoms with Crippen LogP contribution in [-0.2, 0) is 4.79 Å². The topological polar surface area (TPSA) is 79.6 Å². The predicted octanol–water partition coefficient (Wildman–Crippen LogP) is 3.28. The molecule has 1 aromatic carbocycles. The van der Waals surface area contributed by atoms with Crippen LogP contribution in [0.3, 0.4) is 0 Å². The van der Waals surface area contributed by atoms with Gasteiger partial charge in [0.15, 0.2) is 11.5 Å². The molecular formula is C22H26N2O4. The van der Waals surface area contributed by atoms with E-state index in [9.17, 15) is 14.4 Å². The van der Waals surface area contributed by atoms with E-state index in [4.69, 9.17) is 4.42 Å². The summed E-state index contributed by atoms with van der Waals surface area (Å²) in [6.07, 6.45) is 3.26. The smallest absolute Gasteiger partial charge is 0.289 e. The fourth-order valence-corrected chi connectivity index (χ4v) is 3.48. The SMILES string of the molecule is Cc1ccc(C)c(C(=O)CCC(=O)NC2CCN(C(=O)c3ccco3)CC2)c1. The van der Waals surface area contributed by atoms with Crippen LogP contribution < -0.4 is 5.32 Å². The van der Waals surface area contributed by atoms with Crippen LogP contribution >= 0.6 is 0 Å². The maximum atomic E-state index is 12.4. The Bertz CT molecular complexity index is 849. The maximum absolute atomic E-state index is 12.4. The molecule has 0 atom stereocenters. The normalized spacial score (nSPS) is 14.7.